The number of allylic oxidation sites excluding steroid dienone is 6. The number of ether oxygens (including phenoxy) is 4. The molecule has 296 valence electrons. The van der Waals surface area contributed by atoms with E-state index in [1.165, 1.54) is 64.2 Å². The first kappa shape index (κ1) is 48.5. The monoisotopic (exact) mass is 722 g/mol. The number of aliphatic carboxylic acids is 1. The second-order valence-electron chi connectivity index (χ2n) is 14.5. The van der Waals surface area contributed by atoms with E-state index in [9.17, 15) is 19.5 Å². The normalized spacial score (nSPS) is 13.4. The molecular weight excluding hydrogens is 646 g/mol. The predicted octanol–water partition coefficient (Wildman–Crippen LogP) is 8.55. The molecule has 0 saturated carbocycles. The molecule has 0 aliphatic heterocycles. The van der Waals surface area contributed by atoms with E-state index in [4.69, 9.17) is 18.9 Å². The van der Waals surface area contributed by atoms with Gasteiger partial charge in [-0.2, -0.15) is 0 Å². The number of hydrogen-bond donors (Lipinski definition) is 0. The third-order valence-corrected chi connectivity index (χ3v) is 8.40. The summed E-state index contributed by atoms with van der Waals surface area (Å²) >= 11 is 0. The third kappa shape index (κ3) is 35.7. The van der Waals surface area contributed by atoms with Crippen molar-refractivity contribution in [3.63, 3.8) is 0 Å². The molecule has 51 heavy (non-hydrogen) atoms. The fourth-order valence-corrected chi connectivity index (χ4v) is 5.25. The minimum atomic E-state index is -1.62. The summed E-state index contributed by atoms with van der Waals surface area (Å²) in [6.07, 6.45) is 33.2. The van der Waals surface area contributed by atoms with Crippen LogP contribution in [0.4, 0.5) is 0 Å². The summed E-state index contributed by atoms with van der Waals surface area (Å²) in [4.78, 5) is 36.8. The van der Waals surface area contributed by atoms with Crippen molar-refractivity contribution in [2.24, 2.45) is 0 Å². The number of carbonyl (C=O) groups is 3. The molecule has 0 heterocycles. The highest BCUT2D eigenvalue weighted by Crippen LogP contribution is 2.14. The topological polar surface area (TPSA) is 111 Å². The number of carbonyl (C=O) groups excluding carboxylic acids is 3. The molecule has 0 radical (unpaired) electrons. The van der Waals surface area contributed by atoms with Crippen LogP contribution in [0.2, 0.25) is 0 Å². The molecule has 0 spiro atoms. The van der Waals surface area contributed by atoms with Gasteiger partial charge in [-0.3, -0.25) is 9.59 Å². The molecule has 0 saturated heterocycles. The maximum atomic E-state index is 12.7. The van der Waals surface area contributed by atoms with Crippen LogP contribution in [0.1, 0.15) is 155 Å². The Morgan fingerprint density at radius 2 is 1.12 bits per heavy atom. The van der Waals surface area contributed by atoms with Crippen LogP contribution in [0.15, 0.2) is 36.5 Å². The molecule has 0 bridgehead atoms. The van der Waals surface area contributed by atoms with Gasteiger partial charge in [-0.1, -0.05) is 134 Å². The molecule has 0 N–H and O–H groups in total. The highest BCUT2D eigenvalue weighted by atomic mass is 16.7. The standard InChI is InChI=1S/C42H75NO8/c1-6-8-10-12-14-16-18-20-22-24-26-28-30-32-39(44)49-36-38(37-50-42(41(46)47)48-35-34-43(3,4)5)51-40(45)33-31-29-27-25-23-21-19-17-15-13-11-9-7-2/h9,11,15,17,21,23,38,42H,6-8,10,12-14,16,18-20,22,24-37H2,1-5H3/b11-9-,17-15-,23-21-. The molecule has 0 aliphatic carbocycles. The van der Waals surface area contributed by atoms with E-state index in [2.05, 4.69) is 50.3 Å². The predicted molar refractivity (Wildman–Crippen MR) is 205 cm³/mol. The van der Waals surface area contributed by atoms with Crippen LogP contribution in [-0.2, 0) is 33.3 Å². The lowest BCUT2D eigenvalue weighted by Crippen LogP contribution is -2.44. The van der Waals surface area contributed by atoms with Crippen LogP contribution in [0, 0.1) is 0 Å². The van der Waals surface area contributed by atoms with E-state index < -0.39 is 24.3 Å². The van der Waals surface area contributed by atoms with Gasteiger partial charge in [0.2, 0.25) is 0 Å². The van der Waals surface area contributed by atoms with Crippen LogP contribution in [-0.4, -0.2) is 82.3 Å². The van der Waals surface area contributed by atoms with Crippen molar-refractivity contribution in [1.82, 2.24) is 0 Å². The molecule has 0 aromatic rings. The Hall–Kier alpha value is -2.49. The average molecular weight is 722 g/mol. The summed E-state index contributed by atoms with van der Waals surface area (Å²) in [6.45, 7) is 4.57. The zero-order chi connectivity index (χ0) is 37.8. The number of quaternary nitrogens is 1. The SMILES string of the molecule is CC/C=C\C/C=C\C/C=C\CCCCCC(=O)OC(COC(=O)CCCCCCCCCCCCCCC)COC(OCC[N+](C)(C)C)C(=O)[O-]. The highest BCUT2D eigenvalue weighted by Gasteiger charge is 2.21. The number of carboxylic acid groups (broad SMARTS) is 1. The van der Waals surface area contributed by atoms with Crippen LogP contribution in [0.3, 0.4) is 0 Å². The number of hydrogen-bond acceptors (Lipinski definition) is 8. The summed E-state index contributed by atoms with van der Waals surface area (Å²) in [7, 11) is 5.89. The van der Waals surface area contributed by atoms with Crippen molar-refractivity contribution in [3.8, 4) is 0 Å². The Morgan fingerprint density at radius 3 is 1.67 bits per heavy atom. The second kappa shape index (κ2) is 34.6. The molecule has 0 aromatic carbocycles. The first-order valence-electron chi connectivity index (χ1n) is 20.1. The molecule has 9 nitrogen and oxygen atoms in total. The average Bonchev–Trinajstić information content (AvgIpc) is 3.08. The van der Waals surface area contributed by atoms with Gasteiger partial charge in [-0.15, -0.1) is 0 Å². The summed E-state index contributed by atoms with van der Waals surface area (Å²) in [5.74, 6) is -2.33. The lowest BCUT2D eigenvalue weighted by atomic mass is 10.0. The molecule has 2 unspecified atom stereocenters. The van der Waals surface area contributed by atoms with Crippen LogP contribution in [0.25, 0.3) is 0 Å². The summed E-state index contributed by atoms with van der Waals surface area (Å²) in [5.41, 5.74) is 0. The van der Waals surface area contributed by atoms with Crippen molar-refractivity contribution < 1.29 is 42.9 Å². The quantitative estimate of drug-likeness (QED) is 0.0208. The Labute approximate surface area is 311 Å². The highest BCUT2D eigenvalue weighted by molar-refractivity contribution is 5.70. The Kier molecular flexibility index (Phi) is 32.9. The van der Waals surface area contributed by atoms with E-state index in [1.54, 1.807) is 0 Å². The lowest BCUT2D eigenvalue weighted by molar-refractivity contribution is -0.870. The van der Waals surface area contributed by atoms with Gasteiger partial charge in [0.1, 0.15) is 13.2 Å². The van der Waals surface area contributed by atoms with Gasteiger partial charge in [0, 0.05) is 12.8 Å². The number of esters is 2. The van der Waals surface area contributed by atoms with Crippen LogP contribution >= 0.6 is 0 Å². The van der Waals surface area contributed by atoms with Gasteiger partial charge in [0.15, 0.2) is 12.4 Å². The number of carboxylic acids is 1. The summed E-state index contributed by atoms with van der Waals surface area (Å²) in [5, 5.41) is 11.6. The van der Waals surface area contributed by atoms with Gasteiger partial charge in [0.05, 0.1) is 40.3 Å². The largest absolute Gasteiger partial charge is 0.545 e. The van der Waals surface area contributed by atoms with Gasteiger partial charge < -0.3 is 33.3 Å². The molecule has 2 atom stereocenters. The first-order valence-corrected chi connectivity index (χ1v) is 20.1. The van der Waals surface area contributed by atoms with Crippen molar-refractivity contribution in [2.45, 2.75) is 167 Å². The summed E-state index contributed by atoms with van der Waals surface area (Å²) in [6, 6.07) is 0. The summed E-state index contributed by atoms with van der Waals surface area (Å²) < 4.78 is 22.4. The number of nitrogens with zero attached hydrogens (tertiary/aromatic N) is 1. The molecule has 0 aromatic heterocycles. The van der Waals surface area contributed by atoms with E-state index >= 15 is 0 Å². The lowest BCUT2D eigenvalue weighted by Gasteiger charge is -2.26. The molecule has 0 aliphatic rings. The van der Waals surface area contributed by atoms with E-state index in [0.29, 0.717) is 17.4 Å². The Bertz CT molecular complexity index is 940. The third-order valence-electron chi connectivity index (χ3n) is 8.40. The fraction of sp³-hybridized carbons (Fsp3) is 0.786. The van der Waals surface area contributed by atoms with Gasteiger partial charge in [-0.05, 0) is 44.9 Å². The Morgan fingerprint density at radius 1 is 0.608 bits per heavy atom. The van der Waals surface area contributed by atoms with Gasteiger partial charge >= 0.3 is 11.9 Å². The molecule has 9 heteroatoms. The van der Waals surface area contributed by atoms with Crippen molar-refractivity contribution in [3.05, 3.63) is 36.5 Å². The molecule has 0 amide bonds. The maximum absolute atomic E-state index is 12.7. The molecule has 0 rings (SSSR count). The second-order valence-corrected chi connectivity index (χ2v) is 14.5. The maximum Gasteiger partial charge on any atom is 0.306 e. The van der Waals surface area contributed by atoms with Crippen molar-refractivity contribution in [1.29, 1.82) is 0 Å². The van der Waals surface area contributed by atoms with E-state index in [0.717, 1.165) is 57.8 Å². The molecular formula is C42H75NO8. The smallest absolute Gasteiger partial charge is 0.306 e. The van der Waals surface area contributed by atoms with Crippen molar-refractivity contribution in [2.75, 3.05) is 47.5 Å². The zero-order valence-corrected chi connectivity index (χ0v) is 33.2. The number of unbranched alkanes of at least 4 members (excludes halogenated alkanes) is 15. The van der Waals surface area contributed by atoms with Crippen LogP contribution in [0.5, 0.6) is 0 Å². The van der Waals surface area contributed by atoms with E-state index in [1.807, 2.05) is 21.1 Å². The van der Waals surface area contributed by atoms with E-state index in [-0.39, 0.29) is 38.6 Å². The molecule has 0 fully saturated rings. The van der Waals surface area contributed by atoms with Gasteiger partial charge in [0.25, 0.3) is 0 Å². The number of rotatable bonds is 36. The fourth-order valence-electron chi connectivity index (χ4n) is 5.25. The Balaban J connectivity index is 4.55. The van der Waals surface area contributed by atoms with Crippen LogP contribution < -0.4 is 5.11 Å². The first-order chi connectivity index (χ1) is 24.6. The number of likely N-dealkylation sites (N-methyl/N-ethyl adjacent to an activating group) is 1. The zero-order valence-electron chi connectivity index (χ0n) is 33.2. The minimum Gasteiger partial charge on any atom is -0.545 e. The van der Waals surface area contributed by atoms with Gasteiger partial charge in [-0.25, -0.2) is 0 Å². The minimum absolute atomic E-state index is 0.142. The van der Waals surface area contributed by atoms with Crippen molar-refractivity contribution >= 4 is 17.9 Å².